The van der Waals surface area contributed by atoms with Gasteiger partial charge in [-0.05, 0) is 24.6 Å². The molecule has 1 aliphatic heterocycles. The highest BCUT2D eigenvalue weighted by Crippen LogP contribution is 2.21. The fraction of sp³-hybridized carbons (Fsp3) is 0.412. The minimum absolute atomic E-state index is 0. The standard InChI is InChI=1S/C17H21N3O3.ClH/c1-3-23-17(21)16-14-10-18-8-7-15(14)19-20(16)11-12-5-4-6-13(9-12)22-2;/h4-6,9,18H,3,7-8,10-11H2,1-2H3;1H. The molecule has 0 fully saturated rings. The van der Waals surface area contributed by atoms with Crippen LogP contribution in [0.25, 0.3) is 0 Å². The van der Waals surface area contributed by atoms with Gasteiger partial charge < -0.3 is 14.8 Å². The predicted octanol–water partition coefficient (Wildman–Crippen LogP) is 2.18. The van der Waals surface area contributed by atoms with Crippen LogP contribution in [-0.4, -0.2) is 36.0 Å². The molecule has 0 amide bonds. The van der Waals surface area contributed by atoms with Crippen molar-refractivity contribution in [3.8, 4) is 5.75 Å². The zero-order valence-electron chi connectivity index (χ0n) is 13.9. The lowest BCUT2D eigenvalue weighted by Crippen LogP contribution is -2.25. The van der Waals surface area contributed by atoms with Crippen LogP contribution in [0.15, 0.2) is 24.3 Å². The van der Waals surface area contributed by atoms with Crippen LogP contribution in [0.3, 0.4) is 0 Å². The van der Waals surface area contributed by atoms with Crippen molar-refractivity contribution in [2.24, 2.45) is 0 Å². The number of hydrogen-bond acceptors (Lipinski definition) is 5. The van der Waals surface area contributed by atoms with Gasteiger partial charge in [-0.25, -0.2) is 4.79 Å². The topological polar surface area (TPSA) is 65.4 Å². The third-order valence-electron chi connectivity index (χ3n) is 3.91. The monoisotopic (exact) mass is 351 g/mol. The number of ether oxygens (including phenoxy) is 2. The number of carbonyl (C=O) groups excluding carboxylic acids is 1. The van der Waals surface area contributed by atoms with Gasteiger partial charge in [0.15, 0.2) is 5.69 Å². The quantitative estimate of drug-likeness (QED) is 0.836. The molecule has 1 aliphatic rings. The number of halogens is 1. The number of benzene rings is 1. The molecule has 0 saturated carbocycles. The Bertz CT molecular complexity index is 715. The second-order valence-corrected chi connectivity index (χ2v) is 5.43. The first-order chi connectivity index (χ1) is 11.2. The molecule has 1 aromatic carbocycles. The van der Waals surface area contributed by atoms with Crippen LogP contribution in [0, 0.1) is 0 Å². The number of rotatable bonds is 5. The van der Waals surface area contributed by atoms with E-state index in [1.165, 1.54) is 0 Å². The highest BCUT2D eigenvalue weighted by Gasteiger charge is 2.26. The van der Waals surface area contributed by atoms with Gasteiger partial charge in [-0.3, -0.25) is 4.68 Å². The van der Waals surface area contributed by atoms with Gasteiger partial charge in [0.1, 0.15) is 5.75 Å². The molecule has 0 saturated heterocycles. The zero-order chi connectivity index (χ0) is 16.2. The summed E-state index contributed by atoms with van der Waals surface area (Å²) in [5, 5.41) is 7.93. The lowest BCUT2D eigenvalue weighted by atomic mass is 10.1. The third-order valence-corrected chi connectivity index (χ3v) is 3.91. The number of aromatic nitrogens is 2. The Morgan fingerprint density at radius 1 is 1.42 bits per heavy atom. The Morgan fingerprint density at radius 2 is 2.25 bits per heavy atom. The van der Waals surface area contributed by atoms with Crippen molar-refractivity contribution in [2.75, 3.05) is 20.3 Å². The van der Waals surface area contributed by atoms with Crippen LogP contribution < -0.4 is 10.1 Å². The minimum Gasteiger partial charge on any atom is -0.497 e. The van der Waals surface area contributed by atoms with Crippen molar-refractivity contribution in [1.82, 2.24) is 15.1 Å². The number of nitrogens with one attached hydrogen (secondary N) is 1. The molecular weight excluding hydrogens is 330 g/mol. The average Bonchev–Trinajstić information content (AvgIpc) is 2.93. The largest absolute Gasteiger partial charge is 0.497 e. The number of methoxy groups -OCH3 is 1. The SMILES string of the molecule is CCOC(=O)c1c2c(nn1Cc1cccc(OC)c1)CCNC2.Cl. The van der Waals surface area contributed by atoms with E-state index in [1.807, 2.05) is 31.2 Å². The molecule has 6 nitrogen and oxygen atoms in total. The Labute approximate surface area is 147 Å². The summed E-state index contributed by atoms with van der Waals surface area (Å²) in [5.74, 6) is 0.478. The Balaban J connectivity index is 0.00000208. The maximum atomic E-state index is 12.4. The Morgan fingerprint density at radius 3 is 3.00 bits per heavy atom. The highest BCUT2D eigenvalue weighted by atomic mass is 35.5. The summed E-state index contributed by atoms with van der Waals surface area (Å²) in [5.41, 5.74) is 3.52. The summed E-state index contributed by atoms with van der Waals surface area (Å²) in [7, 11) is 1.64. The maximum absolute atomic E-state index is 12.4. The average molecular weight is 352 g/mol. The molecule has 130 valence electrons. The van der Waals surface area contributed by atoms with Crippen LogP contribution in [0.4, 0.5) is 0 Å². The molecule has 0 bridgehead atoms. The van der Waals surface area contributed by atoms with Crippen LogP contribution in [0.5, 0.6) is 5.75 Å². The van der Waals surface area contributed by atoms with Gasteiger partial charge in [-0.1, -0.05) is 12.1 Å². The van der Waals surface area contributed by atoms with E-state index in [1.54, 1.807) is 11.8 Å². The van der Waals surface area contributed by atoms with E-state index in [0.29, 0.717) is 25.4 Å². The molecule has 0 radical (unpaired) electrons. The number of carbonyl (C=O) groups is 1. The summed E-state index contributed by atoms with van der Waals surface area (Å²) in [6.07, 6.45) is 0.826. The van der Waals surface area contributed by atoms with Crippen LogP contribution in [0.2, 0.25) is 0 Å². The first kappa shape index (κ1) is 18.3. The number of nitrogens with zero attached hydrogens (tertiary/aromatic N) is 2. The molecule has 7 heteroatoms. The van der Waals surface area contributed by atoms with Crippen molar-refractivity contribution in [3.05, 3.63) is 46.8 Å². The number of esters is 1. The lowest BCUT2D eigenvalue weighted by Gasteiger charge is -2.12. The fourth-order valence-electron chi connectivity index (χ4n) is 2.84. The lowest BCUT2D eigenvalue weighted by molar-refractivity contribution is 0.0511. The predicted molar refractivity (Wildman–Crippen MR) is 92.9 cm³/mol. The molecule has 0 atom stereocenters. The summed E-state index contributed by atoms with van der Waals surface area (Å²) in [4.78, 5) is 12.4. The summed E-state index contributed by atoms with van der Waals surface area (Å²) in [6.45, 7) is 4.21. The van der Waals surface area contributed by atoms with E-state index in [0.717, 1.165) is 35.5 Å². The highest BCUT2D eigenvalue weighted by molar-refractivity contribution is 5.89. The molecule has 2 heterocycles. The molecule has 0 unspecified atom stereocenters. The Hall–Kier alpha value is -2.05. The second kappa shape index (κ2) is 8.17. The maximum Gasteiger partial charge on any atom is 0.356 e. The molecule has 2 aromatic rings. The second-order valence-electron chi connectivity index (χ2n) is 5.43. The van der Waals surface area contributed by atoms with Gasteiger partial charge in [-0.15, -0.1) is 12.4 Å². The van der Waals surface area contributed by atoms with E-state index >= 15 is 0 Å². The first-order valence-electron chi connectivity index (χ1n) is 7.82. The fourth-order valence-corrected chi connectivity index (χ4v) is 2.84. The van der Waals surface area contributed by atoms with E-state index in [4.69, 9.17) is 9.47 Å². The zero-order valence-corrected chi connectivity index (χ0v) is 14.7. The van der Waals surface area contributed by atoms with Gasteiger partial charge in [0, 0.05) is 25.1 Å². The third kappa shape index (κ3) is 3.71. The molecule has 24 heavy (non-hydrogen) atoms. The molecule has 0 aliphatic carbocycles. The number of fused-ring (bicyclic) bond motifs is 1. The van der Waals surface area contributed by atoms with Gasteiger partial charge in [0.05, 0.1) is 26.0 Å². The summed E-state index contributed by atoms with van der Waals surface area (Å²) >= 11 is 0. The van der Waals surface area contributed by atoms with E-state index in [-0.39, 0.29) is 18.4 Å². The Kier molecular flexibility index (Phi) is 6.23. The smallest absolute Gasteiger partial charge is 0.356 e. The van der Waals surface area contributed by atoms with Crippen molar-refractivity contribution in [2.45, 2.75) is 26.4 Å². The van der Waals surface area contributed by atoms with Crippen LogP contribution in [0.1, 0.15) is 34.2 Å². The van der Waals surface area contributed by atoms with Gasteiger partial charge >= 0.3 is 5.97 Å². The first-order valence-corrected chi connectivity index (χ1v) is 7.82. The molecule has 0 spiro atoms. The summed E-state index contributed by atoms with van der Waals surface area (Å²) in [6, 6.07) is 7.78. The molecule has 1 aromatic heterocycles. The van der Waals surface area contributed by atoms with Crippen LogP contribution >= 0.6 is 12.4 Å². The molecule has 1 N–H and O–H groups in total. The van der Waals surface area contributed by atoms with Gasteiger partial charge in [0.2, 0.25) is 0 Å². The normalized spacial score (nSPS) is 12.9. The molecular formula is C17H22ClN3O3. The van der Waals surface area contributed by atoms with Crippen molar-refractivity contribution in [1.29, 1.82) is 0 Å². The van der Waals surface area contributed by atoms with E-state index in [9.17, 15) is 4.79 Å². The van der Waals surface area contributed by atoms with Crippen molar-refractivity contribution < 1.29 is 14.3 Å². The van der Waals surface area contributed by atoms with Crippen molar-refractivity contribution >= 4 is 18.4 Å². The minimum atomic E-state index is -0.312. The summed E-state index contributed by atoms with van der Waals surface area (Å²) < 4.78 is 12.2. The van der Waals surface area contributed by atoms with Gasteiger partial charge in [0.25, 0.3) is 0 Å². The van der Waals surface area contributed by atoms with Gasteiger partial charge in [-0.2, -0.15) is 5.10 Å². The number of hydrogen-bond donors (Lipinski definition) is 1. The van der Waals surface area contributed by atoms with E-state index in [2.05, 4.69) is 10.4 Å². The van der Waals surface area contributed by atoms with Crippen molar-refractivity contribution in [3.63, 3.8) is 0 Å². The van der Waals surface area contributed by atoms with Crippen LogP contribution in [-0.2, 0) is 24.2 Å². The van der Waals surface area contributed by atoms with E-state index < -0.39 is 0 Å². The molecule has 3 rings (SSSR count).